The number of thioether (sulfide) groups is 1. The highest BCUT2D eigenvalue weighted by atomic mass is 32.2. The number of rotatable bonds is 4. The van der Waals surface area contributed by atoms with Gasteiger partial charge in [0.25, 0.3) is 6.20 Å². The Morgan fingerprint density at radius 3 is 2.33 bits per heavy atom. The van der Waals surface area contributed by atoms with Crippen molar-refractivity contribution in [1.29, 1.82) is 0 Å². The summed E-state index contributed by atoms with van der Waals surface area (Å²) in [6.45, 7) is 3.02. The van der Waals surface area contributed by atoms with Crippen LogP contribution in [0.1, 0.15) is 0 Å². The lowest BCUT2D eigenvalue weighted by Crippen LogP contribution is -2.00. The normalized spacial score (nSPS) is 10.8. The summed E-state index contributed by atoms with van der Waals surface area (Å²) < 4.78 is 0. The van der Waals surface area contributed by atoms with E-state index in [2.05, 4.69) is 6.58 Å². The summed E-state index contributed by atoms with van der Waals surface area (Å²) in [5, 5.41) is 19.0. The van der Waals surface area contributed by atoms with Crippen LogP contribution in [0.15, 0.2) is 22.8 Å². The number of hydrogen-bond donors (Lipinski definition) is 1. The lowest BCUT2D eigenvalue weighted by Gasteiger charge is -1.92. The summed E-state index contributed by atoms with van der Waals surface area (Å²) in [6.07, 6.45) is 0.472. The Morgan fingerprint density at radius 1 is 1.50 bits per heavy atom. The topological polar surface area (TPSA) is 112 Å². The maximum atomic E-state index is 9.95. The standard InChI is InChI=1S/C4H5N3O4S/c1-3(7(10)11)12-4(5)2-6(8)9/h2H,1,5H2/b4-2+. The van der Waals surface area contributed by atoms with E-state index >= 15 is 0 Å². The average molecular weight is 191 g/mol. The Labute approximate surface area is 71.2 Å². The molecule has 7 nitrogen and oxygen atoms in total. The summed E-state index contributed by atoms with van der Waals surface area (Å²) in [4.78, 5) is 18.2. The van der Waals surface area contributed by atoms with E-state index in [9.17, 15) is 20.2 Å². The van der Waals surface area contributed by atoms with Gasteiger partial charge in [0.2, 0.25) is 0 Å². The molecule has 0 aromatic carbocycles. The Hall–Kier alpha value is -1.57. The molecule has 0 aliphatic heterocycles. The van der Waals surface area contributed by atoms with Gasteiger partial charge in [0, 0.05) is 11.8 Å². The molecule has 0 fully saturated rings. The van der Waals surface area contributed by atoms with Crippen molar-refractivity contribution in [2.24, 2.45) is 5.73 Å². The third-order valence-corrected chi connectivity index (χ3v) is 1.40. The molecule has 0 heterocycles. The monoisotopic (exact) mass is 191 g/mol. The predicted octanol–water partition coefficient (Wildman–Crippen LogP) is 0.502. The molecule has 0 spiro atoms. The van der Waals surface area contributed by atoms with E-state index in [4.69, 9.17) is 5.73 Å². The van der Waals surface area contributed by atoms with Crippen LogP contribution in [-0.2, 0) is 0 Å². The van der Waals surface area contributed by atoms with E-state index in [1.807, 2.05) is 0 Å². The summed E-state index contributed by atoms with van der Waals surface area (Å²) >= 11 is 0.440. The van der Waals surface area contributed by atoms with Gasteiger partial charge in [-0.15, -0.1) is 0 Å². The molecular weight excluding hydrogens is 186 g/mol. The van der Waals surface area contributed by atoms with Crippen molar-refractivity contribution in [3.05, 3.63) is 43.1 Å². The molecule has 2 N–H and O–H groups in total. The summed E-state index contributed by atoms with van der Waals surface area (Å²) in [6, 6.07) is 0. The second-order valence-corrected chi connectivity index (χ2v) is 2.72. The lowest BCUT2D eigenvalue weighted by atomic mass is 10.9. The van der Waals surface area contributed by atoms with Gasteiger partial charge in [-0.05, 0) is 6.58 Å². The van der Waals surface area contributed by atoms with Crippen LogP contribution >= 0.6 is 11.8 Å². The highest BCUT2D eigenvalue weighted by Gasteiger charge is 2.10. The third-order valence-electron chi connectivity index (χ3n) is 0.672. The fourth-order valence-electron chi connectivity index (χ4n) is 0.304. The van der Waals surface area contributed by atoms with Crippen molar-refractivity contribution >= 4 is 11.8 Å². The van der Waals surface area contributed by atoms with Gasteiger partial charge in [0.05, 0.1) is 9.85 Å². The van der Waals surface area contributed by atoms with Gasteiger partial charge in [-0.2, -0.15) is 0 Å². The van der Waals surface area contributed by atoms with Crippen LogP contribution in [-0.4, -0.2) is 9.85 Å². The Morgan fingerprint density at radius 2 is 2.00 bits per heavy atom. The smallest absolute Gasteiger partial charge is 0.302 e. The predicted molar refractivity (Wildman–Crippen MR) is 43.0 cm³/mol. The summed E-state index contributed by atoms with van der Waals surface area (Å²) in [7, 11) is 0. The van der Waals surface area contributed by atoms with Crippen LogP contribution in [0.4, 0.5) is 0 Å². The molecule has 12 heavy (non-hydrogen) atoms. The van der Waals surface area contributed by atoms with Gasteiger partial charge < -0.3 is 5.73 Å². The van der Waals surface area contributed by atoms with Crippen molar-refractivity contribution in [3.8, 4) is 0 Å². The largest absolute Gasteiger partial charge is 0.388 e. The van der Waals surface area contributed by atoms with E-state index in [0.717, 1.165) is 0 Å². The number of nitrogens with zero attached hydrogens (tertiary/aromatic N) is 2. The van der Waals surface area contributed by atoms with Crippen LogP contribution < -0.4 is 5.73 Å². The number of nitro groups is 2. The maximum absolute atomic E-state index is 9.95. The average Bonchev–Trinajstić information content (AvgIpc) is 1.84. The SMILES string of the molecule is C=C(S/C(N)=C/[N+](=O)[O-])[N+](=O)[O-]. The van der Waals surface area contributed by atoms with Crippen molar-refractivity contribution in [3.63, 3.8) is 0 Å². The van der Waals surface area contributed by atoms with Gasteiger partial charge in [-0.25, -0.2) is 0 Å². The van der Waals surface area contributed by atoms with Crippen LogP contribution in [0.2, 0.25) is 0 Å². The van der Waals surface area contributed by atoms with Gasteiger partial charge in [0.1, 0.15) is 5.03 Å². The molecule has 0 unspecified atom stereocenters. The zero-order valence-corrected chi connectivity index (χ0v) is 6.61. The first-order chi connectivity index (χ1) is 5.43. The first-order valence-corrected chi connectivity index (χ1v) is 3.37. The lowest BCUT2D eigenvalue weighted by molar-refractivity contribution is -0.410. The molecule has 0 amide bonds. The van der Waals surface area contributed by atoms with E-state index in [1.54, 1.807) is 0 Å². The molecule has 0 aliphatic carbocycles. The minimum atomic E-state index is -0.796. The molecule has 0 radical (unpaired) electrons. The molecule has 0 saturated carbocycles. The summed E-state index contributed by atoms with van der Waals surface area (Å²) in [5.74, 6) is 0. The second kappa shape index (κ2) is 4.34. The molecule has 0 atom stereocenters. The Balaban J connectivity index is 4.19. The van der Waals surface area contributed by atoms with Crippen molar-refractivity contribution in [2.75, 3.05) is 0 Å². The number of hydrogen-bond acceptors (Lipinski definition) is 6. The van der Waals surface area contributed by atoms with Crippen LogP contribution in [0.25, 0.3) is 0 Å². The fourth-order valence-corrected chi connectivity index (χ4v) is 0.789. The van der Waals surface area contributed by atoms with E-state index in [0.29, 0.717) is 18.0 Å². The molecule has 0 bridgehead atoms. The van der Waals surface area contributed by atoms with Crippen LogP contribution in [0, 0.1) is 20.2 Å². The zero-order chi connectivity index (χ0) is 9.72. The second-order valence-electron chi connectivity index (χ2n) is 1.57. The quantitative estimate of drug-likeness (QED) is 0.511. The maximum Gasteiger partial charge on any atom is 0.302 e. The molecule has 0 aromatic rings. The minimum absolute atomic E-state index is 0.276. The number of nitrogens with two attached hydrogens (primary N) is 1. The molecule has 0 rings (SSSR count). The van der Waals surface area contributed by atoms with E-state index < -0.39 is 14.9 Å². The molecule has 66 valence electrons. The van der Waals surface area contributed by atoms with Crippen molar-refractivity contribution in [1.82, 2.24) is 0 Å². The minimum Gasteiger partial charge on any atom is -0.388 e. The molecular formula is C4H5N3O4S. The van der Waals surface area contributed by atoms with Crippen molar-refractivity contribution in [2.45, 2.75) is 0 Å². The first kappa shape index (κ1) is 10.4. The Bertz CT molecular complexity index is 261. The fraction of sp³-hybridized carbons (Fsp3) is 0. The van der Waals surface area contributed by atoms with Crippen molar-refractivity contribution < 1.29 is 9.85 Å². The molecule has 0 aromatic heterocycles. The summed E-state index contributed by atoms with van der Waals surface area (Å²) in [5.41, 5.74) is 5.03. The molecule has 0 saturated heterocycles. The highest BCUT2D eigenvalue weighted by Crippen LogP contribution is 2.19. The van der Waals surface area contributed by atoms with Gasteiger partial charge >= 0.3 is 5.03 Å². The van der Waals surface area contributed by atoms with Gasteiger partial charge in [-0.3, -0.25) is 20.2 Å². The highest BCUT2D eigenvalue weighted by molar-refractivity contribution is 8.06. The van der Waals surface area contributed by atoms with Crippen LogP contribution in [0.3, 0.4) is 0 Å². The molecule has 8 heteroatoms. The van der Waals surface area contributed by atoms with Crippen LogP contribution in [0.5, 0.6) is 0 Å². The van der Waals surface area contributed by atoms with E-state index in [-0.39, 0.29) is 5.03 Å². The zero-order valence-electron chi connectivity index (χ0n) is 5.80. The van der Waals surface area contributed by atoms with Gasteiger partial charge in [-0.1, -0.05) is 0 Å². The molecule has 0 aliphatic rings. The van der Waals surface area contributed by atoms with E-state index in [1.165, 1.54) is 0 Å². The van der Waals surface area contributed by atoms with Gasteiger partial charge in [0.15, 0.2) is 0 Å². The first-order valence-electron chi connectivity index (χ1n) is 2.55. The Kier molecular flexibility index (Phi) is 3.77. The third kappa shape index (κ3) is 4.28.